The number of fused-ring (bicyclic) bond motifs is 11. The van der Waals surface area contributed by atoms with Crippen LogP contribution < -0.4 is 4.90 Å². The Morgan fingerprint density at radius 3 is 2.19 bits per heavy atom. The largest absolute Gasteiger partial charge is 0.456 e. The van der Waals surface area contributed by atoms with Crippen LogP contribution in [0.5, 0.6) is 0 Å². The van der Waals surface area contributed by atoms with Crippen molar-refractivity contribution in [2.24, 2.45) is 5.92 Å². The van der Waals surface area contributed by atoms with Crippen LogP contribution in [0.2, 0.25) is 0 Å². The van der Waals surface area contributed by atoms with Crippen molar-refractivity contribution < 1.29 is 8.83 Å². The van der Waals surface area contributed by atoms with Gasteiger partial charge in [-0.25, -0.2) is 4.98 Å². The van der Waals surface area contributed by atoms with Crippen molar-refractivity contribution in [1.82, 2.24) is 4.98 Å². The molecule has 0 amide bonds. The van der Waals surface area contributed by atoms with Gasteiger partial charge in [0.2, 0.25) is 0 Å². The number of aryl methyl sites for hydroxylation is 1. The van der Waals surface area contributed by atoms with Crippen LogP contribution in [0.25, 0.3) is 92.4 Å². The maximum absolute atomic E-state index is 6.50. The first-order valence-corrected chi connectivity index (χ1v) is 21.3. The third-order valence-corrected chi connectivity index (χ3v) is 13.4. The highest BCUT2D eigenvalue weighted by Gasteiger charge is 2.29. The molecule has 0 saturated carbocycles. The van der Waals surface area contributed by atoms with Gasteiger partial charge in [0, 0.05) is 61.7 Å². The summed E-state index contributed by atoms with van der Waals surface area (Å²) in [5.74, 6) is 1.18. The van der Waals surface area contributed by atoms with Gasteiger partial charge in [-0.1, -0.05) is 111 Å². The molecule has 1 unspecified atom stereocenters. The predicted molar refractivity (Wildman–Crippen MR) is 248 cm³/mol. The van der Waals surface area contributed by atoms with Crippen molar-refractivity contribution in [3.8, 4) is 21.7 Å². The second-order valence-electron chi connectivity index (χ2n) is 15.9. The number of allylic oxidation sites excluding steroid dienone is 1. The van der Waals surface area contributed by atoms with Crippen LogP contribution in [0.3, 0.4) is 0 Å². The highest BCUT2D eigenvalue weighted by Crippen LogP contribution is 2.44. The first kappa shape index (κ1) is 34.1. The molecule has 0 N–H and O–H groups in total. The Balaban J connectivity index is 0.993. The number of thiazole rings is 1. The maximum atomic E-state index is 6.50. The number of aromatic nitrogens is 1. The molecule has 11 aromatic rings. The third-order valence-electron chi connectivity index (χ3n) is 12.3. The van der Waals surface area contributed by atoms with E-state index >= 15 is 0 Å². The number of nitrogens with zero attached hydrogens (tertiary/aromatic N) is 2. The highest BCUT2D eigenvalue weighted by molar-refractivity contribution is 7.22. The smallest absolute Gasteiger partial charge is 0.135 e. The van der Waals surface area contributed by atoms with E-state index in [2.05, 4.69) is 176 Å². The third kappa shape index (κ3) is 5.53. The number of hydrogen-bond donors (Lipinski definition) is 0. The van der Waals surface area contributed by atoms with Crippen LogP contribution in [0.4, 0.5) is 11.4 Å². The molecule has 4 nitrogen and oxygen atoms in total. The average Bonchev–Trinajstić information content (AvgIpc) is 4.00. The molecule has 0 bridgehead atoms. The normalized spacial score (nSPS) is 14.2. The molecule has 0 aliphatic heterocycles. The standard InChI is InChI=1S/C54H38N2O2S/c1-3-33-13-25-49-44(28-33)45-30-40(23-26-50(45)57-49)56(47-31-51-43(27-32(47)2)41-11-7-8-12-48(41)58-51)39-21-18-34(19-22-39)38-17-15-35-14-16-36-20-24-46-53(52(36)42(35)29-38)59-54(55-46)37-9-5-4-6-10-37/h4-26,28-32H,3,27H2,1-2H3. The van der Waals surface area contributed by atoms with Gasteiger partial charge in [-0.15, -0.1) is 11.3 Å². The summed E-state index contributed by atoms with van der Waals surface area (Å²) >= 11 is 1.78. The Bertz CT molecular complexity index is 3480. The summed E-state index contributed by atoms with van der Waals surface area (Å²) in [7, 11) is 0. The molecule has 0 saturated heterocycles. The molecule has 0 spiro atoms. The van der Waals surface area contributed by atoms with Gasteiger partial charge in [0.25, 0.3) is 0 Å². The summed E-state index contributed by atoms with van der Waals surface area (Å²) in [5.41, 5.74) is 13.3. The van der Waals surface area contributed by atoms with Crippen molar-refractivity contribution in [2.45, 2.75) is 26.7 Å². The first-order chi connectivity index (χ1) is 29.1. The molecular formula is C54H38N2O2S. The Morgan fingerprint density at radius 2 is 1.32 bits per heavy atom. The molecule has 1 aliphatic carbocycles. The van der Waals surface area contributed by atoms with E-state index in [-0.39, 0.29) is 5.92 Å². The lowest BCUT2D eigenvalue weighted by atomic mass is 9.89. The van der Waals surface area contributed by atoms with Gasteiger partial charge in [0.1, 0.15) is 27.5 Å². The number of hydrogen-bond acceptors (Lipinski definition) is 5. The summed E-state index contributed by atoms with van der Waals surface area (Å²) < 4.78 is 14.1. The summed E-state index contributed by atoms with van der Waals surface area (Å²) in [6.07, 6.45) is 4.14. The molecule has 3 heterocycles. The molecule has 59 heavy (non-hydrogen) atoms. The van der Waals surface area contributed by atoms with Gasteiger partial charge < -0.3 is 13.7 Å². The van der Waals surface area contributed by atoms with E-state index in [1.54, 1.807) is 11.3 Å². The Hall–Kier alpha value is -6.95. The lowest BCUT2D eigenvalue weighted by Gasteiger charge is -2.33. The van der Waals surface area contributed by atoms with E-state index in [0.29, 0.717) is 0 Å². The maximum Gasteiger partial charge on any atom is 0.135 e. The van der Waals surface area contributed by atoms with Gasteiger partial charge in [-0.2, -0.15) is 0 Å². The summed E-state index contributed by atoms with van der Waals surface area (Å²) in [6, 6.07) is 56.9. The van der Waals surface area contributed by atoms with Gasteiger partial charge in [0.05, 0.1) is 10.2 Å². The zero-order valence-corrected chi connectivity index (χ0v) is 33.5. The monoisotopic (exact) mass is 778 g/mol. The van der Waals surface area contributed by atoms with Crippen LogP contribution in [0, 0.1) is 5.92 Å². The SMILES string of the molecule is CCc1ccc2oc3ccc(N(C4=Cc5oc6ccccc6c5CC4C)c4ccc(-c5ccc6ccc7ccc8nc(-c9ccccc9)sc8c7c6c5)cc4)cc3c2c1. The zero-order chi connectivity index (χ0) is 39.2. The van der Waals surface area contributed by atoms with Crippen LogP contribution >= 0.6 is 11.3 Å². The minimum atomic E-state index is 0.242. The highest BCUT2D eigenvalue weighted by atomic mass is 32.1. The van der Waals surface area contributed by atoms with Crippen LogP contribution in [0.15, 0.2) is 172 Å². The van der Waals surface area contributed by atoms with E-state index in [4.69, 9.17) is 13.8 Å². The van der Waals surface area contributed by atoms with Gasteiger partial charge >= 0.3 is 0 Å². The lowest BCUT2D eigenvalue weighted by Crippen LogP contribution is -2.24. The fourth-order valence-corrected chi connectivity index (χ4v) is 10.4. The van der Waals surface area contributed by atoms with Crippen molar-refractivity contribution >= 4 is 93.5 Å². The van der Waals surface area contributed by atoms with E-state index in [1.807, 2.05) is 6.07 Å². The van der Waals surface area contributed by atoms with E-state index in [0.717, 1.165) is 73.6 Å². The van der Waals surface area contributed by atoms with Crippen LogP contribution in [-0.2, 0) is 12.8 Å². The predicted octanol–water partition coefficient (Wildman–Crippen LogP) is 15.5. The molecular weight excluding hydrogens is 741 g/mol. The number of benzene rings is 8. The molecule has 282 valence electrons. The first-order valence-electron chi connectivity index (χ1n) is 20.5. The van der Waals surface area contributed by atoms with E-state index in [1.165, 1.54) is 59.6 Å². The van der Waals surface area contributed by atoms with Crippen LogP contribution in [-0.4, -0.2) is 4.98 Å². The molecule has 12 rings (SSSR count). The van der Waals surface area contributed by atoms with Gasteiger partial charge in [-0.3, -0.25) is 0 Å². The molecule has 0 radical (unpaired) electrons. The minimum Gasteiger partial charge on any atom is -0.456 e. The lowest BCUT2D eigenvalue weighted by molar-refractivity contribution is 0.573. The fourth-order valence-electron chi connectivity index (χ4n) is 9.24. The zero-order valence-electron chi connectivity index (χ0n) is 32.7. The molecule has 0 fully saturated rings. The molecule has 8 aromatic carbocycles. The molecule has 5 heteroatoms. The van der Waals surface area contributed by atoms with Crippen molar-refractivity contribution in [3.63, 3.8) is 0 Å². The fraction of sp³-hybridized carbons (Fsp3) is 0.0926. The summed E-state index contributed by atoms with van der Waals surface area (Å²) in [6.45, 7) is 4.53. The van der Waals surface area contributed by atoms with E-state index in [9.17, 15) is 0 Å². The second kappa shape index (κ2) is 13.3. The Labute approximate surface area is 345 Å². The van der Waals surface area contributed by atoms with Gasteiger partial charge in [0.15, 0.2) is 0 Å². The van der Waals surface area contributed by atoms with Gasteiger partial charge in [-0.05, 0) is 106 Å². The molecule has 3 aromatic heterocycles. The Kier molecular flexibility index (Phi) is 7.69. The summed E-state index contributed by atoms with van der Waals surface area (Å²) in [4.78, 5) is 7.50. The van der Waals surface area contributed by atoms with Crippen molar-refractivity contribution in [1.29, 1.82) is 0 Å². The average molecular weight is 779 g/mol. The number of rotatable bonds is 6. The number of furan rings is 2. The number of anilines is 2. The Morgan fingerprint density at radius 1 is 0.610 bits per heavy atom. The summed E-state index contributed by atoms with van der Waals surface area (Å²) in [5, 5.41) is 9.49. The second-order valence-corrected chi connectivity index (χ2v) is 16.9. The van der Waals surface area contributed by atoms with Crippen molar-refractivity contribution in [3.05, 3.63) is 180 Å². The molecule has 1 atom stereocenters. The molecule has 1 aliphatic rings. The van der Waals surface area contributed by atoms with E-state index < -0.39 is 0 Å². The quantitative estimate of drug-likeness (QED) is 0.158. The minimum absolute atomic E-state index is 0.242. The van der Waals surface area contributed by atoms with Crippen LogP contribution in [0.1, 0.15) is 30.7 Å². The number of para-hydroxylation sites is 1. The topological polar surface area (TPSA) is 42.4 Å². The van der Waals surface area contributed by atoms with Crippen molar-refractivity contribution in [2.75, 3.05) is 4.90 Å².